The standard InChI is InChI=1S/C16H21N3O2/c1-5-18(10-12(2)3)15(20)11-19-14-9-7-6-8-13(14)17(4)16(19)21/h6-9H,2,5,10-11H2,1,3-4H3. The molecule has 112 valence electrons. The molecule has 0 spiro atoms. The molecule has 1 aromatic carbocycles. The van der Waals surface area contributed by atoms with Gasteiger partial charge in [-0.2, -0.15) is 0 Å². The van der Waals surface area contributed by atoms with E-state index in [2.05, 4.69) is 6.58 Å². The summed E-state index contributed by atoms with van der Waals surface area (Å²) in [6, 6.07) is 7.49. The van der Waals surface area contributed by atoms with Gasteiger partial charge in [-0.05, 0) is 26.0 Å². The zero-order valence-corrected chi connectivity index (χ0v) is 12.8. The van der Waals surface area contributed by atoms with Crippen molar-refractivity contribution in [2.75, 3.05) is 13.1 Å². The van der Waals surface area contributed by atoms with E-state index in [0.717, 1.165) is 16.6 Å². The predicted octanol–water partition coefficient (Wildman–Crippen LogP) is 1.76. The molecule has 5 heteroatoms. The maximum atomic E-state index is 12.4. The lowest BCUT2D eigenvalue weighted by atomic mass is 10.3. The molecule has 0 N–H and O–H groups in total. The smallest absolute Gasteiger partial charge is 0.329 e. The largest absolute Gasteiger partial charge is 0.337 e. The molecular formula is C16H21N3O2. The summed E-state index contributed by atoms with van der Waals surface area (Å²) in [7, 11) is 1.72. The number of aromatic nitrogens is 2. The monoisotopic (exact) mass is 287 g/mol. The second kappa shape index (κ2) is 5.99. The molecule has 0 radical (unpaired) electrons. The molecule has 0 aliphatic carbocycles. The highest BCUT2D eigenvalue weighted by Crippen LogP contribution is 2.11. The first-order chi connectivity index (χ1) is 9.95. The second-order valence-corrected chi connectivity index (χ2v) is 5.28. The molecule has 0 saturated heterocycles. The van der Waals surface area contributed by atoms with Crippen molar-refractivity contribution < 1.29 is 4.79 Å². The van der Waals surface area contributed by atoms with Crippen LogP contribution in [0, 0.1) is 0 Å². The van der Waals surface area contributed by atoms with Gasteiger partial charge in [0.25, 0.3) is 0 Å². The van der Waals surface area contributed by atoms with E-state index >= 15 is 0 Å². The number of nitrogens with zero attached hydrogens (tertiary/aromatic N) is 3. The van der Waals surface area contributed by atoms with Gasteiger partial charge in [-0.25, -0.2) is 4.79 Å². The minimum atomic E-state index is -0.170. The first-order valence-electron chi connectivity index (χ1n) is 7.02. The summed E-state index contributed by atoms with van der Waals surface area (Å²) in [5, 5.41) is 0. The Bertz CT molecular complexity index is 740. The Balaban J connectivity index is 2.35. The highest BCUT2D eigenvalue weighted by molar-refractivity contribution is 5.81. The molecule has 5 nitrogen and oxygen atoms in total. The highest BCUT2D eigenvalue weighted by atomic mass is 16.2. The van der Waals surface area contributed by atoms with Gasteiger partial charge in [0, 0.05) is 20.1 Å². The van der Waals surface area contributed by atoms with Crippen LogP contribution >= 0.6 is 0 Å². The number of para-hydroxylation sites is 2. The minimum Gasteiger partial charge on any atom is -0.337 e. The molecule has 1 heterocycles. The van der Waals surface area contributed by atoms with Crippen LogP contribution in [0.5, 0.6) is 0 Å². The van der Waals surface area contributed by atoms with Crippen LogP contribution in [0.4, 0.5) is 0 Å². The van der Waals surface area contributed by atoms with Gasteiger partial charge >= 0.3 is 5.69 Å². The average molecular weight is 287 g/mol. The Morgan fingerprint density at radius 1 is 1.29 bits per heavy atom. The van der Waals surface area contributed by atoms with Gasteiger partial charge in [-0.1, -0.05) is 24.3 Å². The average Bonchev–Trinajstić information content (AvgIpc) is 2.70. The molecule has 0 fully saturated rings. The zero-order chi connectivity index (χ0) is 15.6. The van der Waals surface area contributed by atoms with Crippen LogP contribution in [-0.4, -0.2) is 33.0 Å². The van der Waals surface area contributed by atoms with E-state index in [1.54, 1.807) is 16.5 Å². The fourth-order valence-corrected chi connectivity index (χ4v) is 2.45. The third kappa shape index (κ3) is 2.91. The summed E-state index contributed by atoms with van der Waals surface area (Å²) in [6.07, 6.45) is 0. The quantitative estimate of drug-likeness (QED) is 0.787. The molecule has 1 amide bonds. The first-order valence-corrected chi connectivity index (χ1v) is 7.02. The summed E-state index contributed by atoms with van der Waals surface area (Å²) in [5.74, 6) is -0.0704. The Labute approximate surface area is 124 Å². The summed E-state index contributed by atoms with van der Waals surface area (Å²) in [6.45, 7) is 8.83. The maximum Gasteiger partial charge on any atom is 0.329 e. The van der Waals surface area contributed by atoms with Crippen LogP contribution in [0.2, 0.25) is 0 Å². The lowest BCUT2D eigenvalue weighted by Crippen LogP contribution is -2.37. The number of benzene rings is 1. The van der Waals surface area contributed by atoms with Crippen LogP contribution in [0.15, 0.2) is 41.2 Å². The van der Waals surface area contributed by atoms with E-state index in [1.165, 1.54) is 4.57 Å². The molecule has 0 unspecified atom stereocenters. The van der Waals surface area contributed by atoms with Crippen molar-refractivity contribution in [1.29, 1.82) is 0 Å². The summed E-state index contributed by atoms with van der Waals surface area (Å²) < 4.78 is 3.09. The number of likely N-dealkylation sites (N-methyl/N-ethyl adjacent to an activating group) is 1. The SMILES string of the molecule is C=C(C)CN(CC)C(=O)Cn1c(=O)n(C)c2ccccc21. The number of carbonyl (C=O) groups excluding carboxylic acids is 1. The van der Waals surface area contributed by atoms with Crippen LogP contribution in [0.3, 0.4) is 0 Å². The van der Waals surface area contributed by atoms with Crippen LogP contribution < -0.4 is 5.69 Å². The normalized spacial score (nSPS) is 10.8. The van der Waals surface area contributed by atoms with Crippen molar-refractivity contribution in [2.24, 2.45) is 7.05 Å². The van der Waals surface area contributed by atoms with Crippen molar-refractivity contribution in [3.05, 3.63) is 46.9 Å². The molecule has 1 aromatic heterocycles. The number of carbonyl (C=O) groups is 1. The van der Waals surface area contributed by atoms with E-state index in [0.29, 0.717) is 13.1 Å². The molecule has 0 aliphatic heterocycles. The lowest BCUT2D eigenvalue weighted by molar-refractivity contribution is -0.131. The fraction of sp³-hybridized carbons (Fsp3) is 0.375. The van der Waals surface area contributed by atoms with Gasteiger partial charge in [0.15, 0.2) is 0 Å². The molecule has 0 saturated carbocycles. The number of imidazole rings is 1. The third-order valence-corrected chi connectivity index (χ3v) is 3.54. The number of fused-ring (bicyclic) bond motifs is 1. The third-order valence-electron chi connectivity index (χ3n) is 3.54. The van der Waals surface area contributed by atoms with Crippen molar-refractivity contribution in [1.82, 2.24) is 14.0 Å². The molecule has 2 aromatic rings. The van der Waals surface area contributed by atoms with E-state index < -0.39 is 0 Å². The Hall–Kier alpha value is -2.30. The molecule has 0 aliphatic rings. The van der Waals surface area contributed by atoms with Crippen LogP contribution in [0.25, 0.3) is 11.0 Å². The van der Waals surface area contributed by atoms with Crippen molar-refractivity contribution >= 4 is 16.9 Å². The maximum absolute atomic E-state index is 12.4. The van der Waals surface area contributed by atoms with Gasteiger partial charge in [0.1, 0.15) is 6.54 Å². The molecule has 2 rings (SSSR count). The first kappa shape index (κ1) is 15.1. The van der Waals surface area contributed by atoms with E-state index in [-0.39, 0.29) is 18.1 Å². The highest BCUT2D eigenvalue weighted by Gasteiger charge is 2.17. The summed E-state index contributed by atoms with van der Waals surface area (Å²) in [5.41, 5.74) is 2.37. The predicted molar refractivity (Wildman–Crippen MR) is 84.2 cm³/mol. The van der Waals surface area contributed by atoms with Crippen LogP contribution in [-0.2, 0) is 18.4 Å². The van der Waals surface area contributed by atoms with E-state index in [1.807, 2.05) is 38.1 Å². The van der Waals surface area contributed by atoms with Gasteiger partial charge in [-0.15, -0.1) is 0 Å². The molecule has 21 heavy (non-hydrogen) atoms. The molecule has 0 atom stereocenters. The Morgan fingerprint density at radius 3 is 2.48 bits per heavy atom. The van der Waals surface area contributed by atoms with E-state index in [4.69, 9.17) is 0 Å². The Kier molecular flexibility index (Phi) is 4.31. The lowest BCUT2D eigenvalue weighted by Gasteiger charge is -2.21. The number of amides is 1. The summed E-state index contributed by atoms with van der Waals surface area (Å²) >= 11 is 0. The van der Waals surface area contributed by atoms with Gasteiger partial charge in [-0.3, -0.25) is 13.9 Å². The Morgan fingerprint density at radius 2 is 1.90 bits per heavy atom. The number of hydrogen-bond donors (Lipinski definition) is 0. The number of aryl methyl sites for hydroxylation is 1. The van der Waals surface area contributed by atoms with Gasteiger partial charge < -0.3 is 4.90 Å². The number of hydrogen-bond acceptors (Lipinski definition) is 2. The number of rotatable bonds is 5. The van der Waals surface area contributed by atoms with Gasteiger partial charge in [0.05, 0.1) is 11.0 Å². The molecule has 0 bridgehead atoms. The van der Waals surface area contributed by atoms with Crippen LogP contribution in [0.1, 0.15) is 13.8 Å². The fourth-order valence-electron chi connectivity index (χ4n) is 2.45. The van der Waals surface area contributed by atoms with Crippen molar-refractivity contribution in [2.45, 2.75) is 20.4 Å². The van der Waals surface area contributed by atoms with E-state index in [9.17, 15) is 9.59 Å². The van der Waals surface area contributed by atoms with Crippen molar-refractivity contribution in [3.63, 3.8) is 0 Å². The van der Waals surface area contributed by atoms with Gasteiger partial charge in [0.2, 0.25) is 5.91 Å². The second-order valence-electron chi connectivity index (χ2n) is 5.28. The minimum absolute atomic E-state index is 0.0569. The summed E-state index contributed by atoms with van der Waals surface area (Å²) in [4.78, 5) is 26.4. The topological polar surface area (TPSA) is 47.2 Å². The molecular weight excluding hydrogens is 266 g/mol. The van der Waals surface area contributed by atoms with Crippen molar-refractivity contribution in [3.8, 4) is 0 Å². The zero-order valence-electron chi connectivity index (χ0n) is 12.8.